The normalized spacial score (nSPS) is 9.67. The Morgan fingerprint density at radius 1 is 1.73 bits per heavy atom. The molecule has 4 heteroatoms. The quantitative estimate of drug-likeness (QED) is 0.701. The van der Waals surface area contributed by atoms with Crippen molar-refractivity contribution in [2.24, 2.45) is 0 Å². The highest BCUT2D eigenvalue weighted by molar-refractivity contribution is 5.94. The average Bonchev–Trinajstić information content (AvgIpc) is 2.63. The number of terminal acetylenes is 1. The maximum Gasteiger partial charge on any atom is 0.259 e. The van der Waals surface area contributed by atoms with Gasteiger partial charge in [0.1, 0.15) is 11.3 Å². The Kier molecular flexibility index (Phi) is 3.92. The first kappa shape index (κ1) is 11.3. The molecule has 80 valence electrons. The van der Waals surface area contributed by atoms with Gasteiger partial charge in [0.15, 0.2) is 0 Å². The van der Waals surface area contributed by atoms with Crippen molar-refractivity contribution in [1.29, 1.82) is 0 Å². The van der Waals surface area contributed by atoms with Crippen molar-refractivity contribution in [2.75, 3.05) is 13.1 Å². The summed E-state index contributed by atoms with van der Waals surface area (Å²) in [6.45, 7) is 4.67. The molecule has 0 atom stereocenters. The fourth-order valence-electron chi connectivity index (χ4n) is 1.31. The molecule has 0 N–H and O–H groups in total. The summed E-state index contributed by atoms with van der Waals surface area (Å²) in [6, 6.07) is 0. The molecule has 0 fully saturated rings. The largest absolute Gasteiger partial charge is 0.361 e. The number of carbonyl (C=O) groups is 1. The Labute approximate surface area is 89.2 Å². The summed E-state index contributed by atoms with van der Waals surface area (Å²) in [4.78, 5) is 13.5. The average molecular weight is 206 g/mol. The number of carbonyl (C=O) groups excluding carboxylic acids is 1. The Balaban J connectivity index is 2.81. The van der Waals surface area contributed by atoms with E-state index in [0.29, 0.717) is 24.4 Å². The molecular formula is C11H14N2O2. The Morgan fingerprint density at radius 2 is 2.47 bits per heavy atom. The number of amides is 1. The molecule has 0 saturated carbocycles. The molecule has 1 aromatic heterocycles. The Bertz CT molecular complexity index is 376. The molecule has 1 aromatic rings. The van der Waals surface area contributed by atoms with Crippen molar-refractivity contribution in [3.05, 3.63) is 17.5 Å². The van der Waals surface area contributed by atoms with Crippen LogP contribution < -0.4 is 0 Å². The van der Waals surface area contributed by atoms with Crippen molar-refractivity contribution in [3.63, 3.8) is 0 Å². The third-order valence-corrected chi connectivity index (χ3v) is 2.04. The van der Waals surface area contributed by atoms with Gasteiger partial charge < -0.3 is 9.42 Å². The minimum absolute atomic E-state index is 0.117. The van der Waals surface area contributed by atoms with Gasteiger partial charge in [0.05, 0.1) is 12.7 Å². The lowest BCUT2D eigenvalue weighted by atomic mass is 10.2. The second-order valence-corrected chi connectivity index (χ2v) is 3.23. The standard InChI is InChI=1S/C11H14N2O2/c1-4-6-13(7-5-2)11(14)10-8-12-15-9(10)3/h1,8H,5-7H2,2-3H3. The van der Waals surface area contributed by atoms with Crippen LogP contribution in [0.4, 0.5) is 0 Å². The van der Waals surface area contributed by atoms with E-state index in [2.05, 4.69) is 11.1 Å². The number of aryl methyl sites for hydroxylation is 1. The zero-order valence-corrected chi connectivity index (χ0v) is 8.99. The van der Waals surface area contributed by atoms with Gasteiger partial charge in [-0.15, -0.1) is 6.42 Å². The second kappa shape index (κ2) is 5.20. The smallest absolute Gasteiger partial charge is 0.259 e. The zero-order valence-electron chi connectivity index (χ0n) is 8.99. The monoisotopic (exact) mass is 206 g/mol. The minimum Gasteiger partial charge on any atom is -0.361 e. The predicted octanol–water partition coefficient (Wildman–Crippen LogP) is 1.47. The lowest BCUT2D eigenvalue weighted by molar-refractivity contribution is 0.0775. The molecule has 0 spiro atoms. The van der Waals surface area contributed by atoms with Crippen LogP contribution in [0.1, 0.15) is 29.5 Å². The van der Waals surface area contributed by atoms with E-state index in [9.17, 15) is 4.79 Å². The van der Waals surface area contributed by atoms with Crippen LogP contribution in [0, 0.1) is 19.3 Å². The number of rotatable bonds is 4. The summed E-state index contributed by atoms with van der Waals surface area (Å²) in [6.07, 6.45) is 7.51. The minimum atomic E-state index is -0.117. The predicted molar refractivity (Wildman–Crippen MR) is 56.3 cm³/mol. The number of hydrogen-bond acceptors (Lipinski definition) is 3. The van der Waals surface area contributed by atoms with E-state index in [0.717, 1.165) is 6.42 Å². The van der Waals surface area contributed by atoms with Crippen molar-refractivity contribution in [2.45, 2.75) is 20.3 Å². The van der Waals surface area contributed by atoms with Crippen molar-refractivity contribution in [3.8, 4) is 12.3 Å². The van der Waals surface area contributed by atoms with Gasteiger partial charge in [-0.05, 0) is 13.3 Å². The van der Waals surface area contributed by atoms with Gasteiger partial charge in [0.2, 0.25) is 0 Å². The van der Waals surface area contributed by atoms with Crippen LogP contribution in [0.2, 0.25) is 0 Å². The van der Waals surface area contributed by atoms with Crippen LogP contribution in [0.25, 0.3) is 0 Å². The summed E-state index contributed by atoms with van der Waals surface area (Å²) in [5.74, 6) is 2.88. The van der Waals surface area contributed by atoms with Gasteiger partial charge in [-0.1, -0.05) is 18.0 Å². The molecule has 1 heterocycles. The third kappa shape index (κ3) is 2.59. The molecule has 15 heavy (non-hydrogen) atoms. The molecule has 0 bridgehead atoms. The number of nitrogens with zero attached hydrogens (tertiary/aromatic N) is 2. The second-order valence-electron chi connectivity index (χ2n) is 3.23. The topological polar surface area (TPSA) is 46.3 Å². The fraction of sp³-hybridized carbons (Fsp3) is 0.455. The van der Waals surface area contributed by atoms with E-state index in [1.54, 1.807) is 11.8 Å². The molecular weight excluding hydrogens is 192 g/mol. The summed E-state index contributed by atoms with van der Waals surface area (Å²) < 4.78 is 4.84. The highest BCUT2D eigenvalue weighted by Gasteiger charge is 2.18. The van der Waals surface area contributed by atoms with Gasteiger partial charge in [0, 0.05) is 6.54 Å². The molecule has 0 aliphatic carbocycles. The highest BCUT2D eigenvalue weighted by Crippen LogP contribution is 2.09. The molecule has 0 aromatic carbocycles. The first-order chi connectivity index (χ1) is 7.20. The van der Waals surface area contributed by atoms with Crippen LogP contribution in [-0.4, -0.2) is 29.1 Å². The van der Waals surface area contributed by atoms with Crippen LogP contribution in [-0.2, 0) is 0 Å². The zero-order chi connectivity index (χ0) is 11.3. The summed E-state index contributed by atoms with van der Waals surface area (Å²) in [7, 11) is 0. The van der Waals surface area contributed by atoms with Gasteiger partial charge in [-0.25, -0.2) is 0 Å². The SMILES string of the molecule is C#CCN(CCC)C(=O)c1cnoc1C. The lowest BCUT2D eigenvalue weighted by Crippen LogP contribution is -2.32. The van der Waals surface area contributed by atoms with E-state index in [-0.39, 0.29) is 5.91 Å². The number of hydrogen-bond donors (Lipinski definition) is 0. The van der Waals surface area contributed by atoms with Crippen LogP contribution in [0.3, 0.4) is 0 Å². The van der Waals surface area contributed by atoms with Crippen LogP contribution in [0.15, 0.2) is 10.7 Å². The Morgan fingerprint density at radius 3 is 2.93 bits per heavy atom. The molecule has 0 aliphatic heterocycles. The lowest BCUT2D eigenvalue weighted by Gasteiger charge is -2.18. The van der Waals surface area contributed by atoms with Crippen molar-refractivity contribution in [1.82, 2.24) is 10.1 Å². The third-order valence-electron chi connectivity index (χ3n) is 2.04. The van der Waals surface area contributed by atoms with Gasteiger partial charge >= 0.3 is 0 Å². The Hall–Kier alpha value is -1.76. The molecule has 4 nitrogen and oxygen atoms in total. The van der Waals surface area contributed by atoms with Gasteiger partial charge in [-0.3, -0.25) is 4.79 Å². The summed E-state index contributed by atoms with van der Waals surface area (Å²) in [5.41, 5.74) is 0.485. The molecule has 1 amide bonds. The van der Waals surface area contributed by atoms with Crippen LogP contribution >= 0.6 is 0 Å². The van der Waals surface area contributed by atoms with E-state index in [1.165, 1.54) is 6.20 Å². The maximum atomic E-state index is 11.9. The highest BCUT2D eigenvalue weighted by atomic mass is 16.5. The van der Waals surface area contributed by atoms with Crippen molar-refractivity contribution >= 4 is 5.91 Å². The molecule has 0 saturated heterocycles. The first-order valence-electron chi connectivity index (χ1n) is 4.84. The molecule has 0 radical (unpaired) electrons. The van der Waals surface area contributed by atoms with Crippen molar-refractivity contribution < 1.29 is 9.32 Å². The first-order valence-corrected chi connectivity index (χ1v) is 4.84. The molecule has 1 rings (SSSR count). The van der Waals surface area contributed by atoms with Gasteiger partial charge in [-0.2, -0.15) is 0 Å². The summed E-state index contributed by atoms with van der Waals surface area (Å²) >= 11 is 0. The van der Waals surface area contributed by atoms with E-state index in [4.69, 9.17) is 10.9 Å². The van der Waals surface area contributed by atoms with Gasteiger partial charge in [0.25, 0.3) is 5.91 Å². The molecule has 0 aliphatic rings. The van der Waals surface area contributed by atoms with E-state index >= 15 is 0 Å². The fourth-order valence-corrected chi connectivity index (χ4v) is 1.31. The summed E-state index contributed by atoms with van der Waals surface area (Å²) in [5, 5.41) is 3.57. The van der Waals surface area contributed by atoms with E-state index < -0.39 is 0 Å². The number of aromatic nitrogens is 1. The van der Waals surface area contributed by atoms with E-state index in [1.807, 2.05) is 6.92 Å². The van der Waals surface area contributed by atoms with Crippen LogP contribution in [0.5, 0.6) is 0 Å². The maximum absolute atomic E-state index is 11.9. The molecule has 0 unspecified atom stereocenters.